The van der Waals surface area contributed by atoms with Crippen LogP contribution in [-0.2, 0) is 5.41 Å². The highest BCUT2D eigenvalue weighted by atomic mass is 32.1. The number of rotatable bonds is 3. The SMILES string of the molecule is NCCC1(c2ccns2)CC1. The van der Waals surface area contributed by atoms with Crippen molar-refractivity contribution in [2.45, 2.75) is 24.7 Å². The van der Waals surface area contributed by atoms with Crippen molar-refractivity contribution in [3.63, 3.8) is 0 Å². The predicted octanol–water partition coefficient (Wildman–Crippen LogP) is 1.52. The zero-order chi connectivity index (χ0) is 7.73. The summed E-state index contributed by atoms with van der Waals surface area (Å²) in [6.45, 7) is 0.803. The van der Waals surface area contributed by atoms with Gasteiger partial charge < -0.3 is 5.73 Å². The van der Waals surface area contributed by atoms with Crippen molar-refractivity contribution in [3.05, 3.63) is 17.1 Å². The average Bonchev–Trinajstić information content (AvgIpc) is 2.63. The molecule has 2 rings (SSSR count). The molecule has 0 bridgehead atoms. The lowest BCUT2D eigenvalue weighted by Crippen LogP contribution is -2.11. The third-order valence-electron chi connectivity index (χ3n) is 2.44. The van der Waals surface area contributed by atoms with Gasteiger partial charge in [0.1, 0.15) is 0 Å². The van der Waals surface area contributed by atoms with Crippen molar-refractivity contribution in [3.8, 4) is 0 Å². The molecule has 0 spiro atoms. The smallest absolute Gasteiger partial charge is 0.0409 e. The van der Waals surface area contributed by atoms with Crippen LogP contribution in [0.4, 0.5) is 0 Å². The van der Waals surface area contributed by atoms with E-state index in [4.69, 9.17) is 5.73 Å². The van der Waals surface area contributed by atoms with Gasteiger partial charge in [-0.25, -0.2) is 4.37 Å². The van der Waals surface area contributed by atoms with Gasteiger partial charge in [-0.1, -0.05) is 0 Å². The summed E-state index contributed by atoms with van der Waals surface area (Å²) >= 11 is 1.63. The van der Waals surface area contributed by atoms with E-state index in [1.807, 2.05) is 6.20 Å². The zero-order valence-electron chi connectivity index (χ0n) is 6.42. The number of nitrogens with two attached hydrogens (primary N) is 1. The number of hydrogen-bond donors (Lipinski definition) is 1. The fourth-order valence-electron chi connectivity index (χ4n) is 1.54. The average molecular weight is 168 g/mol. The van der Waals surface area contributed by atoms with Crippen LogP contribution in [0, 0.1) is 0 Å². The van der Waals surface area contributed by atoms with Crippen LogP contribution in [0.2, 0.25) is 0 Å². The Morgan fingerprint density at radius 2 is 2.45 bits per heavy atom. The lowest BCUT2D eigenvalue weighted by atomic mass is 10.0. The molecule has 0 aromatic carbocycles. The molecule has 2 nitrogen and oxygen atoms in total. The molecule has 1 aliphatic carbocycles. The molecule has 11 heavy (non-hydrogen) atoms. The molecule has 1 aromatic heterocycles. The fourth-order valence-corrected chi connectivity index (χ4v) is 2.39. The van der Waals surface area contributed by atoms with Gasteiger partial charge in [0.25, 0.3) is 0 Å². The molecule has 1 heterocycles. The van der Waals surface area contributed by atoms with Crippen LogP contribution < -0.4 is 5.73 Å². The normalized spacial score (nSPS) is 20.1. The first kappa shape index (κ1) is 7.25. The van der Waals surface area contributed by atoms with Gasteiger partial charge in [0, 0.05) is 16.5 Å². The highest BCUT2D eigenvalue weighted by molar-refractivity contribution is 7.05. The Kier molecular flexibility index (Phi) is 1.69. The van der Waals surface area contributed by atoms with Gasteiger partial charge in [-0.05, 0) is 43.4 Å². The van der Waals surface area contributed by atoms with Gasteiger partial charge in [0.2, 0.25) is 0 Å². The van der Waals surface area contributed by atoms with Crippen LogP contribution in [-0.4, -0.2) is 10.9 Å². The Bertz CT molecular complexity index is 226. The van der Waals surface area contributed by atoms with E-state index in [2.05, 4.69) is 10.4 Å². The minimum Gasteiger partial charge on any atom is -0.330 e. The molecule has 2 N–H and O–H groups in total. The molecule has 0 unspecified atom stereocenters. The monoisotopic (exact) mass is 168 g/mol. The van der Waals surface area contributed by atoms with Gasteiger partial charge in [-0.15, -0.1) is 0 Å². The Hall–Kier alpha value is -0.410. The van der Waals surface area contributed by atoms with Crippen molar-refractivity contribution in [1.82, 2.24) is 4.37 Å². The van der Waals surface area contributed by atoms with E-state index in [0.717, 1.165) is 13.0 Å². The molecule has 0 amide bonds. The fraction of sp³-hybridized carbons (Fsp3) is 0.625. The second-order valence-electron chi connectivity index (χ2n) is 3.20. The van der Waals surface area contributed by atoms with Crippen LogP contribution in [0.15, 0.2) is 12.3 Å². The molecule has 60 valence electrons. The van der Waals surface area contributed by atoms with Crippen LogP contribution in [0.1, 0.15) is 24.1 Å². The number of hydrogen-bond acceptors (Lipinski definition) is 3. The van der Waals surface area contributed by atoms with Gasteiger partial charge in [0.05, 0.1) is 0 Å². The van der Waals surface area contributed by atoms with Gasteiger partial charge in [-0.2, -0.15) is 0 Å². The van der Waals surface area contributed by atoms with Gasteiger partial charge >= 0.3 is 0 Å². The summed E-state index contributed by atoms with van der Waals surface area (Å²) < 4.78 is 4.11. The van der Waals surface area contributed by atoms with E-state index in [9.17, 15) is 0 Å². The maximum Gasteiger partial charge on any atom is 0.0409 e. The molecule has 3 heteroatoms. The van der Waals surface area contributed by atoms with Crippen LogP contribution in [0.5, 0.6) is 0 Å². The predicted molar refractivity (Wildman–Crippen MR) is 46.7 cm³/mol. The molecule has 0 atom stereocenters. The number of nitrogens with zero attached hydrogens (tertiary/aromatic N) is 1. The van der Waals surface area contributed by atoms with Crippen LogP contribution >= 0.6 is 11.5 Å². The minimum atomic E-state index is 0.454. The Morgan fingerprint density at radius 3 is 2.91 bits per heavy atom. The van der Waals surface area contributed by atoms with Crippen molar-refractivity contribution in [2.75, 3.05) is 6.54 Å². The third kappa shape index (κ3) is 1.19. The van der Waals surface area contributed by atoms with Crippen molar-refractivity contribution in [2.24, 2.45) is 5.73 Å². The maximum absolute atomic E-state index is 5.54. The summed E-state index contributed by atoms with van der Waals surface area (Å²) in [6, 6.07) is 2.13. The van der Waals surface area contributed by atoms with Crippen molar-refractivity contribution in [1.29, 1.82) is 0 Å². The van der Waals surface area contributed by atoms with E-state index in [1.165, 1.54) is 17.7 Å². The van der Waals surface area contributed by atoms with Crippen LogP contribution in [0.3, 0.4) is 0 Å². The molecular formula is C8H12N2S. The van der Waals surface area contributed by atoms with E-state index in [1.54, 1.807) is 11.5 Å². The molecule has 1 aromatic rings. The Labute approximate surface area is 70.6 Å². The third-order valence-corrected chi connectivity index (χ3v) is 3.43. The van der Waals surface area contributed by atoms with E-state index in [-0.39, 0.29) is 0 Å². The topological polar surface area (TPSA) is 38.9 Å². The second kappa shape index (κ2) is 2.57. The highest BCUT2D eigenvalue weighted by Crippen LogP contribution is 2.51. The van der Waals surface area contributed by atoms with E-state index in [0.29, 0.717) is 5.41 Å². The van der Waals surface area contributed by atoms with E-state index >= 15 is 0 Å². The standard InChI is InChI=1S/C8H12N2S/c9-5-4-8(2-3-8)7-1-6-10-11-7/h1,6H,2-5,9H2. The lowest BCUT2D eigenvalue weighted by molar-refractivity contribution is 0.641. The number of aromatic nitrogens is 1. The quantitative estimate of drug-likeness (QED) is 0.743. The molecular weight excluding hydrogens is 156 g/mol. The zero-order valence-corrected chi connectivity index (χ0v) is 7.23. The van der Waals surface area contributed by atoms with Crippen LogP contribution in [0.25, 0.3) is 0 Å². The second-order valence-corrected chi connectivity index (χ2v) is 4.03. The molecule has 0 saturated heterocycles. The molecule has 1 fully saturated rings. The summed E-state index contributed by atoms with van der Waals surface area (Å²) in [4.78, 5) is 1.43. The van der Waals surface area contributed by atoms with Gasteiger partial charge in [0.15, 0.2) is 0 Å². The van der Waals surface area contributed by atoms with Crippen molar-refractivity contribution < 1.29 is 0 Å². The molecule has 1 aliphatic rings. The molecule has 1 saturated carbocycles. The first-order chi connectivity index (χ1) is 5.37. The Balaban J connectivity index is 2.15. The first-order valence-electron chi connectivity index (χ1n) is 3.99. The lowest BCUT2D eigenvalue weighted by Gasteiger charge is -2.09. The highest BCUT2D eigenvalue weighted by Gasteiger charge is 2.44. The molecule has 0 aliphatic heterocycles. The summed E-state index contributed by atoms with van der Waals surface area (Å²) in [6.07, 6.45) is 5.64. The van der Waals surface area contributed by atoms with E-state index < -0.39 is 0 Å². The first-order valence-corrected chi connectivity index (χ1v) is 4.76. The molecule has 0 radical (unpaired) electrons. The summed E-state index contributed by atoms with van der Waals surface area (Å²) in [7, 11) is 0. The van der Waals surface area contributed by atoms with Gasteiger partial charge in [-0.3, -0.25) is 0 Å². The maximum atomic E-state index is 5.54. The minimum absolute atomic E-state index is 0.454. The Morgan fingerprint density at radius 1 is 1.64 bits per heavy atom. The summed E-state index contributed by atoms with van der Waals surface area (Å²) in [5.74, 6) is 0. The summed E-state index contributed by atoms with van der Waals surface area (Å²) in [5, 5.41) is 0. The summed E-state index contributed by atoms with van der Waals surface area (Å²) in [5.41, 5.74) is 6.00. The largest absolute Gasteiger partial charge is 0.330 e. The van der Waals surface area contributed by atoms with Crippen molar-refractivity contribution >= 4 is 11.5 Å².